The van der Waals surface area contributed by atoms with E-state index in [0.29, 0.717) is 12.2 Å². The van der Waals surface area contributed by atoms with Gasteiger partial charge in [-0.15, -0.1) is 0 Å². The van der Waals surface area contributed by atoms with Crippen LogP contribution in [0.1, 0.15) is 77.6 Å². The van der Waals surface area contributed by atoms with Gasteiger partial charge in [-0.25, -0.2) is 0 Å². The molecule has 0 saturated heterocycles. The van der Waals surface area contributed by atoms with Crippen LogP contribution in [0.4, 0.5) is 0 Å². The maximum Gasteiger partial charge on any atom is 0.474 e. The fourth-order valence-corrected chi connectivity index (χ4v) is 9.17. The highest BCUT2D eigenvalue weighted by Crippen LogP contribution is 2.26. The van der Waals surface area contributed by atoms with E-state index < -0.39 is 17.8 Å². The minimum atomic E-state index is -1.98. The molecule has 0 radical (unpaired) electrons. The zero-order valence-corrected chi connectivity index (χ0v) is 17.1. The molecule has 2 aliphatic carbocycles. The molecule has 2 rings (SSSR count). The standard InChI is InChI=1S/C17H36O3Si2/c1-4-15-22(2,3)20-21(18-16-11-7-5-8-12-16)19-17-13-9-6-10-14-17/h16-17,21H,4-15H2,1-3H3. The maximum atomic E-state index is 6.52. The highest BCUT2D eigenvalue weighted by Gasteiger charge is 2.33. The van der Waals surface area contributed by atoms with Gasteiger partial charge in [0, 0.05) is 12.2 Å². The lowest BCUT2D eigenvalue weighted by molar-refractivity contribution is 0.0318. The van der Waals surface area contributed by atoms with Crippen molar-refractivity contribution in [3.63, 3.8) is 0 Å². The fraction of sp³-hybridized carbons (Fsp3) is 1.00. The zero-order valence-electron chi connectivity index (χ0n) is 14.9. The lowest BCUT2D eigenvalue weighted by atomic mass is 9.98. The Hall–Kier alpha value is 0.314. The predicted octanol–water partition coefficient (Wildman–Crippen LogP) is 5.03. The number of hydrogen-bond acceptors (Lipinski definition) is 3. The van der Waals surface area contributed by atoms with Gasteiger partial charge < -0.3 is 13.0 Å². The van der Waals surface area contributed by atoms with Crippen LogP contribution >= 0.6 is 0 Å². The summed E-state index contributed by atoms with van der Waals surface area (Å²) in [7, 11) is -3.60. The van der Waals surface area contributed by atoms with E-state index in [2.05, 4.69) is 20.0 Å². The summed E-state index contributed by atoms with van der Waals surface area (Å²) in [6.45, 7) is 6.90. The Kier molecular flexibility index (Phi) is 8.11. The van der Waals surface area contributed by atoms with E-state index in [1.54, 1.807) is 0 Å². The average molecular weight is 345 g/mol. The van der Waals surface area contributed by atoms with Crippen molar-refractivity contribution >= 4 is 17.8 Å². The zero-order chi connectivity index (χ0) is 15.8. The van der Waals surface area contributed by atoms with E-state index in [-0.39, 0.29) is 0 Å². The molecule has 0 amide bonds. The van der Waals surface area contributed by atoms with Crippen molar-refractivity contribution in [1.82, 2.24) is 0 Å². The third-order valence-electron chi connectivity index (χ3n) is 4.98. The van der Waals surface area contributed by atoms with Crippen molar-refractivity contribution in [2.24, 2.45) is 0 Å². The monoisotopic (exact) mass is 344 g/mol. The molecule has 0 aliphatic heterocycles. The molecular weight excluding hydrogens is 308 g/mol. The maximum absolute atomic E-state index is 6.52. The van der Waals surface area contributed by atoms with Crippen LogP contribution in [0.5, 0.6) is 0 Å². The Morgan fingerprint density at radius 3 is 1.68 bits per heavy atom. The summed E-state index contributed by atoms with van der Waals surface area (Å²) < 4.78 is 19.3. The molecule has 0 aromatic rings. The molecule has 0 bridgehead atoms. The van der Waals surface area contributed by atoms with Gasteiger partial charge in [-0.05, 0) is 44.8 Å². The minimum absolute atomic E-state index is 0.403. The molecule has 0 heterocycles. The second-order valence-corrected chi connectivity index (χ2v) is 13.8. The molecule has 0 N–H and O–H groups in total. The SMILES string of the molecule is CCC[Si](C)(C)O[SiH](OC1CCCCC1)OC1CCCCC1. The van der Waals surface area contributed by atoms with Gasteiger partial charge in [0.1, 0.15) is 0 Å². The highest BCUT2D eigenvalue weighted by molar-refractivity contribution is 6.76. The van der Waals surface area contributed by atoms with Crippen molar-refractivity contribution in [2.75, 3.05) is 0 Å². The van der Waals surface area contributed by atoms with Crippen molar-refractivity contribution in [2.45, 2.75) is 109 Å². The second kappa shape index (κ2) is 9.57. The predicted molar refractivity (Wildman–Crippen MR) is 96.7 cm³/mol. The Morgan fingerprint density at radius 2 is 1.27 bits per heavy atom. The molecule has 0 atom stereocenters. The normalized spacial score (nSPS) is 22.4. The molecule has 0 aromatic heterocycles. The lowest BCUT2D eigenvalue weighted by Gasteiger charge is -2.34. The summed E-state index contributed by atoms with van der Waals surface area (Å²) in [6.07, 6.45) is 14.8. The summed E-state index contributed by atoms with van der Waals surface area (Å²) in [5, 5.41) is 0. The van der Waals surface area contributed by atoms with Crippen molar-refractivity contribution in [1.29, 1.82) is 0 Å². The van der Waals surface area contributed by atoms with E-state index in [1.165, 1.54) is 76.7 Å². The van der Waals surface area contributed by atoms with Crippen LogP contribution < -0.4 is 0 Å². The summed E-state index contributed by atoms with van der Waals surface area (Å²) in [5.41, 5.74) is 0. The first-order chi connectivity index (χ1) is 10.6. The first-order valence-corrected chi connectivity index (χ1v) is 14.1. The Balaban J connectivity index is 1.89. The minimum Gasteiger partial charge on any atom is -0.418 e. The smallest absolute Gasteiger partial charge is 0.418 e. The van der Waals surface area contributed by atoms with Gasteiger partial charge >= 0.3 is 9.53 Å². The lowest BCUT2D eigenvalue weighted by Crippen LogP contribution is -2.45. The first kappa shape index (κ1) is 18.6. The largest absolute Gasteiger partial charge is 0.474 e. The van der Waals surface area contributed by atoms with Crippen LogP contribution in [-0.4, -0.2) is 30.1 Å². The number of rotatable bonds is 8. The molecule has 2 aliphatic rings. The van der Waals surface area contributed by atoms with Crippen LogP contribution in [0.15, 0.2) is 0 Å². The molecule has 0 spiro atoms. The fourth-order valence-electron chi connectivity index (χ4n) is 3.73. The van der Waals surface area contributed by atoms with Crippen LogP contribution in [0.25, 0.3) is 0 Å². The topological polar surface area (TPSA) is 27.7 Å². The quantitative estimate of drug-likeness (QED) is 0.578. The Morgan fingerprint density at radius 1 is 0.818 bits per heavy atom. The second-order valence-electron chi connectivity index (χ2n) is 7.71. The molecule has 0 unspecified atom stereocenters. The molecular formula is C17H36O3Si2. The van der Waals surface area contributed by atoms with Gasteiger partial charge in [0.05, 0.1) is 0 Å². The van der Waals surface area contributed by atoms with Crippen LogP contribution in [-0.2, 0) is 13.0 Å². The van der Waals surface area contributed by atoms with Gasteiger partial charge in [0.15, 0.2) is 8.32 Å². The summed E-state index contributed by atoms with van der Waals surface area (Å²) >= 11 is 0. The number of hydrogen-bond donors (Lipinski definition) is 0. The van der Waals surface area contributed by atoms with E-state index in [4.69, 9.17) is 13.0 Å². The van der Waals surface area contributed by atoms with Gasteiger partial charge in [-0.1, -0.05) is 51.9 Å². The van der Waals surface area contributed by atoms with Gasteiger partial charge in [-0.2, -0.15) is 0 Å². The Labute approximate surface area is 140 Å². The summed E-state index contributed by atoms with van der Waals surface area (Å²) in [4.78, 5) is 0. The molecule has 130 valence electrons. The first-order valence-electron chi connectivity index (χ1n) is 9.58. The van der Waals surface area contributed by atoms with Crippen molar-refractivity contribution in [3.8, 4) is 0 Å². The third kappa shape index (κ3) is 6.83. The van der Waals surface area contributed by atoms with Gasteiger partial charge in [0.2, 0.25) is 0 Å². The third-order valence-corrected chi connectivity index (χ3v) is 11.2. The van der Waals surface area contributed by atoms with Crippen molar-refractivity contribution in [3.05, 3.63) is 0 Å². The molecule has 3 nitrogen and oxygen atoms in total. The Bertz CT molecular complexity index is 280. The van der Waals surface area contributed by atoms with Gasteiger partial charge in [0.25, 0.3) is 0 Å². The molecule has 0 aromatic carbocycles. The van der Waals surface area contributed by atoms with Crippen LogP contribution in [0.3, 0.4) is 0 Å². The van der Waals surface area contributed by atoms with Crippen LogP contribution in [0, 0.1) is 0 Å². The van der Waals surface area contributed by atoms with E-state index >= 15 is 0 Å². The molecule has 2 saturated carbocycles. The van der Waals surface area contributed by atoms with Crippen LogP contribution in [0.2, 0.25) is 19.1 Å². The van der Waals surface area contributed by atoms with E-state index in [0.717, 1.165) is 0 Å². The van der Waals surface area contributed by atoms with E-state index in [1.807, 2.05) is 0 Å². The molecule has 22 heavy (non-hydrogen) atoms. The van der Waals surface area contributed by atoms with Gasteiger partial charge in [-0.3, -0.25) is 0 Å². The average Bonchev–Trinajstić information content (AvgIpc) is 2.48. The molecule has 5 heteroatoms. The van der Waals surface area contributed by atoms with E-state index in [9.17, 15) is 0 Å². The van der Waals surface area contributed by atoms with Crippen molar-refractivity contribution < 1.29 is 13.0 Å². The highest BCUT2D eigenvalue weighted by atomic mass is 28.4. The molecule has 2 fully saturated rings. The summed E-state index contributed by atoms with van der Waals surface area (Å²) in [5.74, 6) is 0. The summed E-state index contributed by atoms with van der Waals surface area (Å²) in [6, 6.07) is 1.21.